The summed E-state index contributed by atoms with van der Waals surface area (Å²) in [5, 5.41) is 31.6. The van der Waals surface area contributed by atoms with Crippen LogP contribution in [0.4, 0.5) is 0 Å². The van der Waals surface area contributed by atoms with Gasteiger partial charge in [-0.25, -0.2) is 0 Å². The summed E-state index contributed by atoms with van der Waals surface area (Å²) >= 11 is 1.25. The Balaban J connectivity index is 4.59. The molecule has 0 radical (unpaired) electrons. The lowest BCUT2D eigenvalue weighted by Gasteiger charge is -2.19. The Bertz CT molecular complexity index is 490. The predicted molar refractivity (Wildman–Crippen MR) is 95.7 cm³/mol. The van der Waals surface area contributed by atoms with E-state index in [2.05, 4.69) is 10.6 Å². The second kappa shape index (κ2) is 13.4. The van der Waals surface area contributed by atoms with Gasteiger partial charge in [-0.3, -0.25) is 19.2 Å². The highest BCUT2D eigenvalue weighted by atomic mass is 32.2. The molecule has 0 aliphatic carbocycles. The number of thioether (sulfide) groups is 1. The zero-order chi connectivity index (χ0) is 20.1. The quantitative estimate of drug-likeness (QED) is 0.210. The minimum absolute atomic E-state index is 0.0903. The molecule has 10 nitrogen and oxygen atoms in total. The lowest BCUT2D eigenvalue weighted by Crippen LogP contribution is -2.49. The van der Waals surface area contributed by atoms with Crippen molar-refractivity contribution < 1.29 is 34.5 Å². The number of hydrogen-bond donors (Lipinski definition) is 6. The van der Waals surface area contributed by atoms with Crippen LogP contribution >= 0.6 is 11.8 Å². The zero-order valence-corrected chi connectivity index (χ0v) is 15.5. The molecule has 0 heterocycles. The van der Waals surface area contributed by atoms with Crippen LogP contribution in [0.15, 0.2) is 0 Å². The molecule has 0 fully saturated rings. The minimum atomic E-state index is -1.23. The maximum Gasteiger partial charge on any atom is 0.322 e. The monoisotopic (exact) mass is 393 g/mol. The summed E-state index contributed by atoms with van der Waals surface area (Å²) in [6.07, 6.45) is 0.622. The number of carbonyl (C=O) groups excluding carboxylic acids is 2. The number of amides is 2. The summed E-state index contributed by atoms with van der Waals surface area (Å²) in [6.45, 7) is 1.34. The average Bonchev–Trinajstić information content (AvgIpc) is 2.56. The van der Waals surface area contributed by atoms with Gasteiger partial charge in [0.25, 0.3) is 0 Å². The van der Waals surface area contributed by atoms with Crippen molar-refractivity contribution in [3.05, 3.63) is 0 Å². The predicted octanol–water partition coefficient (Wildman–Crippen LogP) is -1.24. The van der Waals surface area contributed by atoms with Crippen molar-refractivity contribution in [2.45, 2.75) is 50.8 Å². The highest BCUT2D eigenvalue weighted by Gasteiger charge is 2.22. The first-order valence-corrected chi connectivity index (χ1v) is 9.35. The third-order valence-electron chi connectivity index (χ3n) is 3.28. The fourth-order valence-electron chi connectivity index (χ4n) is 1.88. The Labute approximate surface area is 155 Å². The number of hydrogen-bond acceptors (Lipinski definition) is 7. The Morgan fingerprint density at radius 2 is 1.77 bits per heavy atom. The van der Waals surface area contributed by atoms with E-state index in [0.717, 1.165) is 6.42 Å². The van der Waals surface area contributed by atoms with E-state index < -0.39 is 48.5 Å². The van der Waals surface area contributed by atoms with Crippen LogP contribution in [-0.2, 0) is 19.2 Å². The number of carbonyl (C=O) groups is 4. The van der Waals surface area contributed by atoms with Crippen molar-refractivity contribution in [1.29, 1.82) is 0 Å². The van der Waals surface area contributed by atoms with Crippen LogP contribution in [0.1, 0.15) is 32.6 Å². The molecule has 0 aromatic rings. The van der Waals surface area contributed by atoms with Crippen molar-refractivity contribution in [3.8, 4) is 0 Å². The number of carboxylic acid groups (broad SMARTS) is 2. The highest BCUT2D eigenvalue weighted by molar-refractivity contribution is 7.99. The zero-order valence-electron chi connectivity index (χ0n) is 14.6. The molecule has 0 saturated carbocycles. The van der Waals surface area contributed by atoms with Crippen LogP contribution < -0.4 is 16.4 Å². The molecule has 0 aliphatic heterocycles. The molecule has 26 heavy (non-hydrogen) atoms. The third kappa shape index (κ3) is 11.7. The Morgan fingerprint density at radius 3 is 2.31 bits per heavy atom. The maximum absolute atomic E-state index is 12.0. The molecule has 2 amide bonds. The second-order valence-electron chi connectivity index (χ2n) is 5.70. The van der Waals surface area contributed by atoms with Gasteiger partial charge < -0.3 is 31.7 Å². The molecule has 7 N–H and O–H groups in total. The van der Waals surface area contributed by atoms with E-state index in [1.54, 1.807) is 0 Å². The van der Waals surface area contributed by atoms with E-state index >= 15 is 0 Å². The van der Waals surface area contributed by atoms with E-state index in [9.17, 15) is 24.3 Å². The topological polar surface area (TPSA) is 179 Å². The van der Waals surface area contributed by atoms with Gasteiger partial charge in [0, 0.05) is 17.9 Å². The van der Waals surface area contributed by atoms with Gasteiger partial charge in [-0.05, 0) is 12.8 Å². The minimum Gasteiger partial charge on any atom is -0.480 e. The van der Waals surface area contributed by atoms with Gasteiger partial charge in [-0.1, -0.05) is 13.3 Å². The number of aliphatic hydroxyl groups excluding tert-OH is 1. The lowest BCUT2D eigenvalue weighted by molar-refractivity contribution is -0.139. The Morgan fingerprint density at radius 1 is 1.12 bits per heavy atom. The fraction of sp³-hybridized carbons (Fsp3) is 0.733. The van der Waals surface area contributed by atoms with Gasteiger partial charge in [0.1, 0.15) is 18.6 Å². The number of nitrogens with one attached hydrogen (secondary N) is 2. The van der Waals surface area contributed by atoms with Crippen LogP contribution in [0, 0.1) is 0 Å². The van der Waals surface area contributed by atoms with Crippen LogP contribution in [0.5, 0.6) is 0 Å². The van der Waals surface area contributed by atoms with Gasteiger partial charge in [0.2, 0.25) is 11.8 Å². The summed E-state index contributed by atoms with van der Waals surface area (Å²) in [6, 6.07) is -2.18. The largest absolute Gasteiger partial charge is 0.480 e. The van der Waals surface area contributed by atoms with E-state index in [1.165, 1.54) is 11.8 Å². The summed E-state index contributed by atoms with van der Waals surface area (Å²) < 4.78 is 0. The maximum atomic E-state index is 12.0. The van der Waals surface area contributed by atoms with E-state index in [0.29, 0.717) is 12.2 Å². The normalized spacial score (nSPS) is 14.1. The Kier molecular flexibility index (Phi) is 12.4. The van der Waals surface area contributed by atoms with Gasteiger partial charge in [0.15, 0.2) is 0 Å². The van der Waals surface area contributed by atoms with Crippen molar-refractivity contribution in [1.82, 2.24) is 10.6 Å². The SMILES string of the molecule is CCCC(O)CSCC(NC(=O)CCC(N)C(=O)O)C(=O)NCC(=O)O. The van der Waals surface area contributed by atoms with Gasteiger partial charge in [-0.2, -0.15) is 11.8 Å². The summed E-state index contributed by atoms with van der Waals surface area (Å²) in [5.74, 6) is -3.16. The second-order valence-corrected chi connectivity index (χ2v) is 6.77. The standard InChI is InChI=1S/C15H27N3O7S/c1-2-3-9(19)7-26-8-11(14(23)17-6-13(21)22)18-12(20)5-4-10(16)15(24)25/h9-11,19H,2-8,16H2,1H3,(H,17,23)(H,18,20)(H,21,22)(H,24,25). The number of aliphatic hydroxyl groups is 1. The van der Waals surface area contributed by atoms with E-state index in [4.69, 9.17) is 15.9 Å². The van der Waals surface area contributed by atoms with Gasteiger partial charge in [0.05, 0.1) is 6.10 Å². The average molecular weight is 393 g/mol. The third-order valence-corrected chi connectivity index (χ3v) is 4.47. The molecule has 3 unspecified atom stereocenters. The van der Waals surface area contributed by atoms with Crippen molar-refractivity contribution in [3.63, 3.8) is 0 Å². The van der Waals surface area contributed by atoms with Gasteiger partial charge >= 0.3 is 11.9 Å². The van der Waals surface area contributed by atoms with Crippen molar-refractivity contribution >= 4 is 35.5 Å². The van der Waals surface area contributed by atoms with Crippen molar-refractivity contribution in [2.75, 3.05) is 18.1 Å². The molecule has 0 rings (SSSR count). The fourth-order valence-corrected chi connectivity index (χ4v) is 2.93. The molecular weight excluding hydrogens is 366 g/mol. The molecule has 0 aromatic heterocycles. The van der Waals surface area contributed by atoms with E-state index in [1.807, 2.05) is 6.92 Å². The molecule has 11 heteroatoms. The first kappa shape index (κ1) is 24.1. The lowest BCUT2D eigenvalue weighted by atomic mass is 10.1. The molecule has 0 aromatic carbocycles. The number of aliphatic carboxylic acids is 2. The summed E-state index contributed by atoms with van der Waals surface area (Å²) in [4.78, 5) is 45.2. The molecule has 3 atom stereocenters. The molecule has 150 valence electrons. The molecule has 0 saturated heterocycles. The van der Waals surface area contributed by atoms with E-state index in [-0.39, 0.29) is 18.6 Å². The smallest absolute Gasteiger partial charge is 0.322 e. The Hall–Kier alpha value is -1.85. The molecular formula is C15H27N3O7S. The summed E-state index contributed by atoms with van der Waals surface area (Å²) in [5.41, 5.74) is 5.32. The first-order valence-electron chi connectivity index (χ1n) is 8.20. The van der Waals surface area contributed by atoms with Crippen LogP contribution in [0.25, 0.3) is 0 Å². The first-order chi connectivity index (χ1) is 12.2. The summed E-state index contributed by atoms with van der Waals surface area (Å²) in [7, 11) is 0. The number of rotatable bonds is 14. The van der Waals surface area contributed by atoms with Crippen LogP contribution in [0.2, 0.25) is 0 Å². The molecule has 0 spiro atoms. The van der Waals surface area contributed by atoms with Gasteiger partial charge in [-0.15, -0.1) is 0 Å². The molecule has 0 bridgehead atoms. The number of nitrogens with two attached hydrogens (primary N) is 1. The molecule has 0 aliphatic rings. The van der Waals surface area contributed by atoms with Crippen LogP contribution in [0.3, 0.4) is 0 Å². The highest BCUT2D eigenvalue weighted by Crippen LogP contribution is 2.09. The number of carboxylic acids is 2. The van der Waals surface area contributed by atoms with Crippen LogP contribution in [-0.4, -0.2) is 75.3 Å². The van der Waals surface area contributed by atoms with Crippen molar-refractivity contribution in [2.24, 2.45) is 5.73 Å².